The summed E-state index contributed by atoms with van der Waals surface area (Å²) in [6.07, 6.45) is 0.301. The highest BCUT2D eigenvalue weighted by Gasteiger charge is 2.39. The molecule has 13 heavy (non-hydrogen) atoms. The third-order valence-corrected chi connectivity index (χ3v) is 2.49. The van der Waals surface area contributed by atoms with E-state index in [4.69, 9.17) is 15.9 Å². The van der Waals surface area contributed by atoms with Crippen molar-refractivity contribution in [2.45, 2.75) is 24.9 Å². The molecule has 1 heterocycles. The molecule has 1 unspecified atom stereocenters. The van der Waals surface area contributed by atoms with E-state index in [0.29, 0.717) is 13.0 Å². The van der Waals surface area contributed by atoms with Gasteiger partial charge in [-0.2, -0.15) is 0 Å². The Balaban J connectivity index is 2.75. The van der Waals surface area contributed by atoms with Gasteiger partial charge >= 0.3 is 0 Å². The number of likely N-dealkylation sites (tertiary alicyclic amines) is 1. The van der Waals surface area contributed by atoms with Crippen molar-refractivity contribution in [1.82, 2.24) is 4.90 Å². The maximum absolute atomic E-state index is 11.4. The number of hydrogen-bond donors (Lipinski definition) is 3. The van der Waals surface area contributed by atoms with E-state index < -0.39 is 5.54 Å². The van der Waals surface area contributed by atoms with Gasteiger partial charge in [-0.15, -0.1) is 0 Å². The molecular weight excluding hydrogens is 172 g/mol. The van der Waals surface area contributed by atoms with Crippen LogP contribution in [0.2, 0.25) is 0 Å². The summed E-state index contributed by atoms with van der Waals surface area (Å²) < 4.78 is 0. The maximum Gasteiger partial charge on any atom is 0.224 e. The molecule has 1 amide bonds. The van der Waals surface area contributed by atoms with Crippen molar-refractivity contribution in [2.24, 2.45) is 5.73 Å². The normalized spacial score (nSPS) is 24.2. The molecular formula is C8H16N2O3. The van der Waals surface area contributed by atoms with Crippen LogP contribution in [-0.4, -0.2) is 52.4 Å². The van der Waals surface area contributed by atoms with Gasteiger partial charge in [-0.25, -0.2) is 0 Å². The topological polar surface area (TPSA) is 86.8 Å². The second-order valence-corrected chi connectivity index (χ2v) is 3.78. The first-order valence-corrected chi connectivity index (χ1v) is 4.31. The Morgan fingerprint density at radius 1 is 1.62 bits per heavy atom. The molecule has 76 valence electrons. The van der Waals surface area contributed by atoms with Gasteiger partial charge in [0.05, 0.1) is 18.8 Å². The molecule has 5 heteroatoms. The van der Waals surface area contributed by atoms with Crippen molar-refractivity contribution in [3.05, 3.63) is 0 Å². The summed E-state index contributed by atoms with van der Waals surface area (Å²) in [5, 5.41) is 18.1. The number of rotatable bonds is 3. The monoisotopic (exact) mass is 188 g/mol. The van der Waals surface area contributed by atoms with Gasteiger partial charge in [0, 0.05) is 19.0 Å². The van der Waals surface area contributed by atoms with Gasteiger partial charge in [0.2, 0.25) is 5.91 Å². The van der Waals surface area contributed by atoms with Gasteiger partial charge in [0.1, 0.15) is 0 Å². The molecule has 0 bridgehead atoms. The van der Waals surface area contributed by atoms with Crippen LogP contribution in [0.5, 0.6) is 0 Å². The summed E-state index contributed by atoms with van der Waals surface area (Å²) in [5.41, 5.74) is 4.73. The second kappa shape index (κ2) is 3.61. The fourth-order valence-electron chi connectivity index (χ4n) is 1.48. The lowest BCUT2D eigenvalue weighted by atomic mass is 10.0. The van der Waals surface area contributed by atoms with E-state index in [2.05, 4.69) is 0 Å². The Kier molecular flexibility index (Phi) is 2.90. The SMILES string of the molecule is CC(CO)(CO)N1CC(N)CC1=O. The highest BCUT2D eigenvalue weighted by atomic mass is 16.3. The predicted octanol–water partition coefficient (Wildman–Crippen LogP) is -1.71. The van der Waals surface area contributed by atoms with Crippen LogP contribution in [0, 0.1) is 0 Å². The molecule has 1 fully saturated rings. The van der Waals surface area contributed by atoms with Crippen molar-refractivity contribution >= 4 is 5.91 Å². The molecule has 1 atom stereocenters. The van der Waals surface area contributed by atoms with Gasteiger partial charge in [0.15, 0.2) is 0 Å². The number of carbonyl (C=O) groups is 1. The highest BCUT2D eigenvalue weighted by molar-refractivity contribution is 5.80. The summed E-state index contributed by atoms with van der Waals surface area (Å²) in [5.74, 6) is -0.0990. The van der Waals surface area contributed by atoms with Gasteiger partial charge < -0.3 is 20.8 Å². The third kappa shape index (κ3) is 1.82. The molecule has 4 N–H and O–H groups in total. The van der Waals surface area contributed by atoms with Crippen molar-refractivity contribution in [2.75, 3.05) is 19.8 Å². The van der Waals surface area contributed by atoms with Crippen LogP contribution in [0.25, 0.3) is 0 Å². The fourth-order valence-corrected chi connectivity index (χ4v) is 1.48. The van der Waals surface area contributed by atoms with Crippen LogP contribution in [0.3, 0.4) is 0 Å². The summed E-state index contributed by atoms with van der Waals surface area (Å²) in [6.45, 7) is 1.56. The van der Waals surface area contributed by atoms with E-state index >= 15 is 0 Å². The van der Waals surface area contributed by atoms with E-state index in [1.165, 1.54) is 4.90 Å². The summed E-state index contributed by atoms with van der Waals surface area (Å²) in [7, 11) is 0. The summed E-state index contributed by atoms with van der Waals surface area (Å²) >= 11 is 0. The van der Waals surface area contributed by atoms with Crippen molar-refractivity contribution in [3.8, 4) is 0 Å². The van der Waals surface area contributed by atoms with Gasteiger partial charge in [-0.3, -0.25) is 4.79 Å². The standard InChI is InChI=1S/C8H16N2O3/c1-8(4-11,5-12)10-3-6(9)2-7(10)13/h6,11-12H,2-5,9H2,1H3. The molecule has 0 aromatic heterocycles. The number of nitrogens with zero attached hydrogens (tertiary/aromatic N) is 1. The van der Waals surface area contributed by atoms with E-state index in [1.807, 2.05) is 0 Å². The Morgan fingerprint density at radius 3 is 2.46 bits per heavy atom. The van der Waals surface area contributed by atoms with Crippen LogP contribution in [0.4, 0.5) is 0 Å². The number of hydrogen-bond acceptors (Lipinski definition) is 4. The van der Waals surface area contributed by atoms with Crippen molar-refractivity contribution in [3.63, 3.8) is 0 Å². The average Bonchev–Trinajstić information content (AvgIpc) is 2.44. The minimum absolute atomic E-state index is 0.0990. The largest absolute Gasteiger partial charge is 0.394 e. The first-order chi connectivity index (χ1) is 6.03. The van der Waals surface area contributed by atoms with E-state index in [-0.39, 0.29) is 25.2 Å². The third-order valence-electron chi connectivity index (χ3n) is 2.49. The Hall–Kier alpha value is -0.650. The zero-order valence-corrected chi connectivity index (χ0v) is 7.73. The van der Waals surface area contributed by atoms with Crippen molar-refractivity contribution < 1.29 is 15.0 Å². The quantitative estimate of drug-likeness (QED) is 0.492. The lowest BCUT2D eigenvalue weighted by Crippen LogP contribution is -2.53. The van der Waals surface area contributed by atoms with Gasteiger partial charge in [0.25, 0.3) is 0 Å². The molecule has 0 radical (unpaired) electrons. The van der Waals surface area contributed by atoms with E-state index in [9.17, 15) is 4.79 Å². The fraction of sp³-hybridized carbons (Fsp3) is 0.875. The van der Waals surface area contributed by atoms with Crippen LogP contribution in [0.15, 0.2) is 0 Å². The Labute approximate surface area is 77.1 Å². The average molecular weight is 188 g/mol. The first-order valence-electron chi connectivity index (χ1n) is 4.31. The lowest BCUT2D eigenvalue weighted by Gasteiger charge is -2.35. The smallest absolute Gasteiger partial charge is 0.224 e. The molecule has 0 saturated carbocycles. The molecule has 1 aliphatic rings. The minimum atomic E-state index is -0.870. The van der Waals surface area contributed by atoms with Crippen molar-refractivity contribution in [1.29, 1.82) is 0 Å². The van der Waals surface area contributed by atoms with E-state index in [1.54, 1.807) is 6.92 Å². The molecule has 1 saturated heterocycles. The number of nitrogens with two attached hydrogens (primary N) is 1. The second-order valence-electron chi connectivity index (χ2n) is 3.78. The molecule has 0 aromatic carbocycles. The zero-order chi connectivity index (χ0) is 10.1. The Morgan fingerprint density at radius 2 is 2.15 bits per heavy atom. The van der Waals surface area contributed by atoms with Gasteiger partial charge in [-0.1, -0.05) is 0 Å². The summed E-state index contributed by atoms with van der Waals surface area (Å²) in [4.78, 5) is 12.8. The van der Waals surface area contributed by atoms with Crippen LogP contribution in [-0.2, 0) is 4.79 Å². The Bertz CT molecular complexity index is 204. The zero-order valence-electron chi connectivity index (χ0n) is 7.73. The molecule has 1 aliphatic heterocycles. The summed E-state index contributed by atoms with van der Waals surface area (Å²) in [6, 6.07) is -0.176. The van der Waals surface area contributed by atoms with Crippen LogP contribution >= 0.6 is 0 Å². The number of aliphatic hydroxyl groups excluding tert-OH is 2. The number of amides is 1. The highest BCUT2D eigenvalue weighted by Crippen LogP contribution is 2.21. The molecule has 1 rings (SSSR count). The molecule has 5 nitrogen and oxygen atoms in total. The molecule has 0 spiro atoms. The number of carbonyl (C=O) groups excluding carboxylic acids is 1. The maximum atomic E-state index is 11.4. The minimum Gasteiger partial charge on any atom is -0.394 e. The first kappa shape index (κ1) is 10.4. The van der Waals surface area contributed by atoms with Crippen LogP contribution in [0.1, 0.15) is 13.3 Å². The van der Waals surface area contributed by atoms with Crippen LogP contribution < -0.4 is 5.73 Å². The lowest BCUT2D eigenvalue weighted by molar-refractivity contribution is -0.136. The van der Waals surface area contributed by atoms with E-state index in [0.717, 1.165) is 0 Å². The molecule has 0 aromatic rings. The number of aliphatic hydroxyl groups is 2. The predicted molar refractivity (Wildman–Crippen MR) is 46.9 cm³/mol. The molecule has 0 aliphatic carbocycles. The van der Waals surface area contributed by atoms with Gasteiger partial charge in [-0.05, 0) is 6.92 Å².